The van der Waals surface area contributed by atoms with Crippen LogP contribution in [0.2, 0.25) is 0 Å². The minimum Gasteiger partial charge on any atom is -0.493 e. The number of amides is 2. The van der Waals surface area contributed by atoms with Gasteiger partial charge in [0.1, 0.15) is 6.23 Å². The maximum atomic E-state index is 13.5. The third kappa shape index (κ3) is 5.16. The first kappa shape index (κ1) is 29.5. The zero-order chi connectivity index (χ0) is 31.6. The molecule has 3 N–H and O–H groups in total. The van der Waals surface area contributed by atoms with Crippen LogP contribution in [0.15, 0.2) is 24.3 Å². The second-order valence-electron chi connectivity index (χ2n) is 14.3. The van der Waals surface area contributed by atoms with E-state index in [2.05, 4.69) is 15.5 Å². The molecule has 4 heterocycles. The molecule has 2 aliphatic carbocycles. The summed E-state index contributed by atoms with van der Waals surface area (Å²) in [7, 11) is 3.18. The average molecular weight is 633 g/mol. The Morgan fingerprint density at radius 3 is 1.96 bits per heavy atom. The van der Waals surface area contributed by atoms with Crippen molar-refractivity contribution in [3.63, 3.8) is 0 Å². The summed E-state index contributed by atoms with van der Waals surface area (Å²) in [6.07, 6.45) is 8.29. The number of hydrogen-bond acceptors (Lipinski definition) is 9. The van der Waals surface area contributed by atoms with E-state index in [1.54, 1.807) is 26.4 Å². The van der Waals surface area contributed by atoms with E-state index in [4.69, 9.17) is 18.9 Å². The minimum atomic E-state index is -0.826. The number of benzene rings is 2. The molecule has 46 heavy (non-hydrogen) atoms. The van der Waals surface area contributed by atoms with Crippen LogP contribution in [0, 0.1) is 10.8 Å². The van der Waals surface area contributed by atoms with Gasteiger partial charge >= 0.3 is 0 Å². The molecule has 3 atom stereocenters. The van der Waals surface area contributed by atoms with Crippen LogP contribution in [0.4, 0.5) is 11.4 Å². The Hall–Kier alpha value is -3.86. The van der Waals surface area contributed by atoms with Gasteiger partial charge < -0.3 is 44.5 Å². The van der Waals surface area contributed by atoms with Gasteiger partial charge in [-0.3, -0.25) is 9.59 Å². The van der Waals surface area contributed by atoms with Crippen molar-refractivity contribution in [3.05, 3.63) is 35.4 Å². The highest BCUT2D eigenvalue weighted by Crippen LogP contribution is 2.57. The van der Waals surface area contributed by atoms with Crippen molar-refractivity contribution < 1.29 is 33.6 Å². The van der Waals surface area contributed by atoms with Gasteiger partial charge in [0.2, 0.25) is 0 Å². The lowest BCUT2D eigenvalue weighted by molar-refractivity contribution is 0.0580. The highest BCUT2D eigenvalue weighted by Gasteiger charge is 2.56. The second-order valence-corrected chi connectivity index (χ2v) is 14.3. The molecule has 2 spiro atoms. The Balaban J connectivity index is 0.845. The van der Waals surface area contributed by atoms with E-state index in [0.29, 0.717) is 65.0 Å². The zero-order valence-corrected chi connectivity index (χ0v) is 26.7. The van der Waals surface area contributed by atoms with Gasteiger partial charge in [-0.1, -0.05) is 0 Å². The number of ether oxygens (including phenoxy) is 4. The molecular formula is C35H44N4O7. The van der Waals surface area contributed by atoms with Crippen LogP contribution < -0.4 is 29.6 Å². The standard InChI is InChI=1S/C35H44N4O7/c1-43-27-12-22-24(36-18-21-16-34(6-7-34)19-38(21)32(22)41)14-29(27)45-10-4-3-5-11-46-30-15-25-23(13-28(30)44-2)33(42)39-20-35(8-9-35)17-26(39)31(40)37-25/h12-15,21,26,31,36-37,40H,3-11,16-20H2,1-2H3. The fraction of sp³-hybridized carbons (Fsp3) is 0.600. The number of hydrogen-bond donors (Lipinski definition) is 3. The fourth-order valence-electron chi connectivity index (χ4n) is 8.09. The van der Waals surface area contributed by atoms with Crippen molar-refractivity contribution >= 4 is 23.2 Å². The maximum absolute atomic E-state index is 13.5. The van der Waals surface area contributed by atoms with E-state index < -0.39 is 6.23 Å². The Morgan fingerprint density at radius 1 is 0.761 bits per heavy atom. The summed E-state index contributed by atoms with van der Waals surface area (Å²) in [5, 5.41) is 17.6. The van der Waals surface area contributed by atoms with E-state index in [-0.39, 0.29) is 29.3 Å². The van der Waals surface area contributed by atoms with Crippen LogP contribution in [-0.2, 0) is 0 Å². The number of aliphatic hydroxyl groups is 1. The zero-order valence-electron chi connectivity index (χ0n) is 26.7. The van der Waals surface area contributed by atoms with Crippen LogP contribution >= 0.6 is 0 Å². The van der Waals surface area contributed by atoms with E-state index in [1.165, 1.54) is 12.8 Å². The molecule has 4 aliphatic heterocycles. The van der Waals surface area contributed by atoms with Gasteiger partial charge in [0.05, 0.1) is 56.0 Å². The van der Waals surface area contributed by atoms with Gasteiger partial charge in [0.25, 0.3) is 11.8 Å². The molecule has 2 aromatic rings. The Bertz CT molecular complexity index is 1550. The fourth-order valence-corrected chi connectivity index (χ4v) is 8.09. The van der Waals surface area contributed by atoms with E-state index in [0.717, 1.165) is 63.7 Å². The Kier molecular flexibility index (Phi) is 7.15. The van der Waals surface area contributed by atoms with Gasteiger partial charge in [-0.25, -0.2) is 0 Å². The predicted octanol–water partition coefficient (Wildman–Crippen LogP) is 4.49. The van der Waals surface area contributed by atoms with Crippen molar-refractivity contribution in [3.8, 4) is 23.0 Å². The van der Waals surface area contributed by atoms with Crippen molar-refractivity contribution in [2.45, 2.75) is 76.1 Å². The van der Waals surface area contributed by atoms with Gasteiger partial charge in [-0.05, 0) is 80.8 Å². The van der Waals surface area contributed by atoms with Crippen molar-refractivity contribution in [2.75, 3.05) is 57.7 Å². The topological polar surface area (TPSA) is 122 Å². The lowest BCUT2D eigenvalue weighted by Gasteiger charge is -2.25. The summed E-state index contributed by atoms with van der Waals surface area (Å²) in [6.45, 7) is 3.30. The molecular weight excluding hydrogens is 588 g/mol. The molecule has 11 nitrogen and oxygen atoms in total. The molecule has 2 amide bonds. The predicted molar refractivity (Wildman–Crippen MR) is 171 cm³/mol. The number of anilines is 2. The monoisotopic (exact) mass is 632 g/mol. The van der Waals surface area contributed by atoms with Crippen LogP contribution in [-0.4, -0.2) is 92.1 Å². The SMILES string of the molecule is COc1cc2c(cc1OCCCCCOc1cc3c(cc1OC)C(=O)N1CC4(CC4)CC1C(O)N3)NCC1CC3(CC3)CN1C2=O. The van der Waals surface area contributed by atoms with Crippen LogP contribution in [0.25, 0.3) is 0 Å². The number of methoxy groups -OCH3 is 2. The summed E-state index contributed by atoms with van der Waals surface area (Å²) in [6, 6.07) is 7.23. The largest absolute Gasteiger partial charge is 0.493 e. The quantitative estimate of drug-likeness (QED) is 0.325. The summed E-state index contributed by atoms with van der Waals surface area (Å²) in [5.74, 6) is 2.24. The van der Waals surface area contributed by atoms with Gasteiger partial charge in [0, 0.05) is 37.8 Å². The average Bonchev–Trinajstić information content (AvgIpc) is 3.93. The van der Waals surface area contributed by atoms with Crippen LogP contribution in [0.1, 0.15) is 78.5 Å². The molecule has 0 bridgehead atoms. The van der Waals surface area contributed by atoms with Crippen molar-refractivity contribution in [1.82, 2.24) is 9.80 Å². The lowest BCUT2D eigenvalue weighted by atomic mass is 10.0. The number of fused-ring (bicyclic) bond motifs is 4. The van der Waals surface area contributed by atoms with Crippen molar-refractivity contribution in [1.29, 1.82) is 0 Å². The number of carbonyl (C=O) groups excluding carboxylic acids is 2. The molecule has 4 fully saturated rings. The lowest BCUT2D eigenvalue weighted by Crippen LogP contribution is -2.43. The molecule has 3 unspecified atom stereocenters. The van der Waals surface area contributed by atoms with Gasteiger partial charge in [0.15, 0.2) is 23.0 Å². The van der Waals surface area contributed by atoms with Crippen LogP contribution in [0.3, 0.4) is 0 Å². The molecule has 0 aromatic heterocycles. The maximum Gasteiger partial charge on any atom is 0.256 e. The number of nitrogens with zero attached hydrogens (tertiary/aromatic N) is 2. The van der Waals surface area contributed by atoms with E-state index in [9.17, 15) is 14.7 Å². The molecule has 8 rings (SSSR count). The second kappa shape index (κ2) is 11.1. The summed E-state index contributed by atoms with van der Waals surface area (Å²) < 4.78 is 23.5. The first-order chi connectivity index (χ1) is 22.3. The number of rotatable bonds is 10. The highest BCUT2D eigenvalue weighted by molar-refractivity contribution is 6.02. The Morgan fingerprint density at radius 2 is 1.33 bits per heavy atom. The van der Waals surface area contributed by atoms with Crippen LogP contribution in [0.5, 0.6) is 23.0 Å². The first-order valence-electron chi connectivity index (χ1n) is 16.8. The smallest absolute Gasteiger partial charge is 0.256 e. The summed E-state index contributed by atoms with van der Waals surface area (Å²) in [4.78, 5) is 30.8. The highest BCUT2D eigenvalue weighted by atomic mass is 16.5. The molecule has 2 saturated carbocycles. The normalized spacial score (nSPS) is 25.8. The molecule has 246 valence electrons. The minimum absolute atomic E-state index is 0.0713. The molecule has 0 radical (unpaired) electrons. The van der Waals surface area contributed by atoms with Crippen molar-refractivity contribution in [2.24, 2.45) is 10.8 Å². The number of unbranched alkanes of at least 4 members (excludes halogenated alkanes) is 2. The molecule has 2 aromatic carbocycles. The van der Waals surface area contributed by atoms with Gasteiger partial charge in [-0.15, -0.1) is 0 Å². The third-order valence-electron chi connectivity index (χ3n) is 11.2. The molecule has 2 saturated heterocycles. The Labute approximate surface area is 269 Å². The molecule has 6 aliphatic rings. The molecule has 11 heteroatoms. The number of nitrogens with one attached hydrogen (secondary N) is 2. The van der Waals surface area contributed by atoms with E-state index >= 15 is 0 Å². The first-order valence-corrected chi connectivity index (χ1v) is 16.8. The number of aliphatic hydroxyl groups excluding tert-OH is 1. The third-order valence-corrected chi connectivity index (χ3v) is 11.2. The van der Waals surface area contributed by atoms with Gasteiger partial charge in [-0.2, -0.15) is 0 Å². The summed E-state index contributed by atoms with van der Waals surface area (Å²) in [5.41, 5.74) is 3.08. The number of carbonyl (C=O) groups is 2. The summed E-state index contributed by atoms with van der Waals surface area (Å²) >= 11 is 0. The van der Waals surface area contributed by atoms with E-state index in [1.807, 2.05) is 17.0 Å².